The van der Waals surface area contributed by atoms with E-state index in [0.29, 0.717) is 13.0 Å². The molecule has 1 fully saturated rings. The summed E-state index contributed by atoms with van der Waals surface area (Å²) in [6, 6.07) is 10.1. The first kappa shape index (κ1) is 27.8. The first-order valence-electron chi connectivity index (χ1n) is 11.4. The van der Waals surface area contributed by atoms with Crippen molar-refractivity contribution in [2.24, 2.45) is 16.6 Å². The van der Waals surface area contributed by atoms with Crippen LogP contribution in [0.4, 0.5) is 18.9 Å². The van der Waals surface area contributed by atoms with Gasteiger partial charge in [0.05, 0.1) is 16.1 Å². The van der Waals surface area contributed by atoms with E-state index in [0.717, 1.165) is 22.9 Å². The van der Waals surface area contributed by atoms with Crippen LogP contribution in [0, 0.1) is 24.3 Å². The molecule has 1 aliphatic rings. The molecular weight excluding hydrogens is 509 g/mol. The van der Waals surface area contributed by atoms with Gasteiger partial charge in [0, 0.05) is 19.6 Å². The molecule has 1 amide bonds. The molecule has 198 valence electrons. The van der Waals surface area contributed by atoms with E-state index in [2.05, 4.69) is 10.3 Å². The maximum atomic E-state index is 13.6. The van der Waals surface area contributed by atoms with Gasteiger partial charge in [-0.15, -0.1) is 0 Å². The van der Waals surface area contributed by atoms with Gasteiger partial charge in [-0.1, -0.05) is 24.3 Å². The average Bonchev–Trinajstić information content (AvgIpc) is 2.86. The number of guanidine groups is 1. The zero-order valence-electron chi connectivity index (χ0n) is 20.1. The summed E-state index contributed by atoms with van der Waals surface area (Å²) >= 11 is 0. The number of nitriles is 1. The van der Waals surface area contributed by atoms with Crippen LogP contribution >= 0.6 is 0 Å². The van der Waals surface area contributed by atoms with Crippen molar-refractivity contribution >= 4 is 27.6 Å². The molecule has 3 N–H and O–H groups in total. The monoisotopic (exact) mass is 536 g/mol. The van der Waals surface area contributed by atoms with Gasteiger partial charge >= 0.3 is 6.18 Å². The third-order valence-corrected chi connectivity index (χ3v) is 7.76. The first-order valence-corrected chi connectivity index (χ1v) is 12.9. The van der Waals surface area contributed by atoms with Crippen molar-refractivity contribution < 1.29 is 26.4 Å². The fraction of sp³-hybridized carbons (Fsp3) is 0.375. The number of amides is 1. The Labute approximate surface area is 213 Å². The molecule has 0 bridgehead atoms. The second-order valence-corrected chi connectivity index (χ2v) is 10.5. The molecule has 9 nitrogen and oxygen atoms in total. The van der Waals surface area contributed by atoms with Crippen molar-refractivity contribution in [2.45, 2.75) is 30.8 Å². The summed E-state index contributed by atoms with van der Waals surface area (Å²) in [6.45, 7) is 1.70. The maximum Gasteiger partial charge on any atom is 0.416 e. The molecule has 1 heterocycles. The number of nitrogens with zero attached hydrogens (tertiary/aromatic N) is 4. The van der Waals surface area contributed by atoms with Crippen LogP contribution in [0.2, 0.25) is 0 Å². The Kier molecular flexibility index (Phi) is 8.65. The van der Waals surface area contributed by atoms with Crippen LogP contribution in [0.1, 0.15) is 24.0 Å². The number of anilines is 1. The lowest BCUT2D eigenvalue weighted by atomic mass is 9.98. The number of piperidine rings is 1. The molecule has 37 heavy (non-hydrogen) atoms. The molecule has 0 spiro atoms. The number of carbonyl (C=O) groups is 1. The zero-order chi connectivity index (χ0) is 27.2. The largest absolute Gasteiger partial charge is 0.416 e. The number of rotatable bonds is 7. The Balaban J connectivity index is 1.93. The summed E-state index contributed by atoms with van der Waals surface area (Å²) in [5.41, 5.74) is 4.60. The topological polar surface area (TPSA) is 132 Å². The number of aliphatic imine (C=N–C) groups is 1. The number of halogens is 3. The summed E-state index contributed by atoms with van der Waals surface area (Å²) in [7, 11) is -4.37. The Morgan fingerprint density at radius 2 is 1.97 bits per heavy atom. The molecule has 3 rings (SSSR count). The van der Waals surface area contributed by atoms with Crippen LogP contribution in [0.25, 0.3) is 0 Å². The third-order valence-electron chi connectivity index (χ3n) is 5.99. The van der Waals surface area contributed by atoms with Gasteiger partial charge in [0.1, 0.15) is 6.54 Å². The van der Waals surface area contributed by atoms with E-state index in [9.17, 15) is 26.4 Å². The number of alkyl halides is 3. The number of sulfonamides is 1. The van der Waals surface area contributed by atoms with Crippen molar-refractivity contribution in [3.63, 3.8) is 0 Å². The number of carbonyl (C=O) groups excluding carboxylic acids is 1. The van der Waals surface area contributed by atoms with Gasteiger partial charge < -0.3 is 10.6 Å². The predicted octanol–water partition coefficient (Wildman–Crippen LogP) is 2.83. The molecule has 1 aliphatic heterocycles. The van der Waals surface area contributed by atoms with Gasteiger partial charge in [-0.2, -0.15) is 18.4 Å². The van der Waals surface area contributed by atoms with Crippen LogP contribution < -0.4 is 15.4 Å². The Morgan fingerprint density at radius 3 is 2.62 bits per heavy atom. The van der Waals surface area contributed by atoms with Crippen LogP contribution in [0.5, 0.6) is 0 Å². The van der Waals surface area contributed by atoms with E-state index in [-0.39, 0.29) is 41.1 Å². The highest BCUT2D eigenvalue weighted by Gasteiger charge is 2.35. The van der Waals surface area contributed by atoms with E-state index in [1.807, 2.05) is 0 Å². The molecule has 0 radical (unpaired) electrons. The van der Waals surface area contributed by atoms with Crippen LogP contribution in [0.15, 0.2) is 58.4 Å². The minimum Gasteiger partial charge on any atom is -0.369 e. The quantitative estimate of drug-likeness (QED) is 0.242. The standard InChI is InChI=1S/C24H27F3N6O3S/c1-17-9-10-19(24(25,26)27)12-21(17)33(37(35,36)20-7-3-2-4-8-20)15-22(34)32-11-5-6-18(14-32)13-30-23(29)31-16-28/h2-4,7-10,12,18H,5-6,11,13-15H2,1H3,(H3,29,30,31). The molecule has 0 saturated carbocycles. The Bertz CT molecular complexity index is 1290. The number of hydrogen-bond donors (Lipinski definition) is 2. The lowest BCUT2D eigenvalue weighted by molar-refractivity contribution is -0.137. The van der Waals surface area contributed by atoms with Gasteiger partial charge in [0.25, 0.3) is 10.0 Å². The average molecular weight is 537 g/mol. The van der Waals surface area contributed by atoms with Crippen molar-refractivity contribution in [1.82, 2.24) is 10.2 Å². The van der Waals surface area contributed by atoms with Crippen LogP contribution in [0.3, 0.4) is 0 Å². The number of benzene rings is 2. The molecule has 1 atom stereocenters. The summed E-state index contributed by atoms with van der Waals surface area (Å²) in [4.78, 5) is 18.7. The molecule has 0 aromatic heterocycles. The van der Waals surface area contributed by atoms with Crippen molar-refractivity contribution in [2.75, 3.05) is 30.5 Å². The van der Waals surface area contributed by atoms with Crippen molar-refractivity contribution in [1.29, 1.82) is 5.26 Å². The van der Waals surface area contributed by atoms with E-state index in [1.54, 1.807) is 12.3 Å². The second-order valence-electron chi connectivity index (χ2n) is 8.63. The van der Waals surface area contributed by atoms with Gasteiger partial charge in [-0.3, -0.25) is 19.4 Å². The molecule has 1 saturated heterocycles. The molecule has 2 aromatic carbocycles. The molecule has 1 unspecified atom stereocenters. The zero-order valence-corrected chi connectivity index (χ0v) is 20.9. The highest BCUT2D eigenvalue weighted by atomic mass is 32.2. The van der Waals surface area contributed by atoms with Gasteiger partial charge in [0.2, 0.25) is 11.9 Å². The number of hydrogen-bond acceptors (Lipinski definition) is 5. The molecular formula is C24H27F3N6O3S. The van der Waals surface area contributed by atoms with Crippen molar-refractivity contribution in [3.05, 3.63) is 59.7 Å². The van der Waals surface area contributed by atoms with Crippen molar-refractivity contribution in [3.8, 4) is 6.19 Å². The van der Waals surface area contributed by atoms with Gasteiger partial charge in [0.15, 0.2) is 6.19 Å². The first-order chi connectivity index (χ1) is 17.4. The van der Waals surface area contributed by atoms with E-state index in [1.165, 1.54) is 42.2 Å². The highest BCUT2D eigenvalue weighted by molar-refractivity contribution is 7.92. The normalized spacial score (nSPS) is 16.7. The fourth-order valence-corrected chi connectivity index (χ4v) is 5.55. The summed E-state index contributed by atoms with van der Waals surface area (Å²) in [5.74, 6) is -0.676. The third kappa shape index (κ3) is 6.91. The number of aryl methyl sites for hydroxylation is 1. The second kappa shape index (κ2) is 11.5. The summed E-state index contributed by atoms with van der Waals surface area (Å²) in [5, 5.41) is 10.8. The molecule has 13 heteroatoms. The molecule has 2 aromatic rings. The minimum atomic E-state index is -4.70. The Hall–Kier alpha value is -3.79. The maximum absolute atomic E-state index is 13.6. The number of nitrogens with one attached hydrogen (secondary N) is 1. The number of likely N-dealkylation sites (tertiary alicyclic amines) is 1. The summed E-state index contributed by atoms with van der Waals surface area (Å²) < 4.78 is 68.3. The van der Waals surface area contributed by atoms with Crippen LogP contribution in [-0.4, -0.2) is 51.4 Å². The SMILES string of the molecule is Cc1ccc(C(F)(F)F)cc1N(CC(=O)N1CCCC(CN=C(N)NC#N)C1)S(=O)(=O)c1ccccc1. The fourth-order valence-electron chi connectivity index (χ4n) is 4.06. The highest BCUT2D eigenvalue weighted by Crippen LogP contribution is 2.35. The minimum absolute atomic E-state index is 0.0499. The molecule has 0 aliphatic carbocycles. The Morgan fingerprint density at radius 1 is 1.27 bits per heavy atom. The van der Waals surface area contributed by atoms with Gasteiger partial charge in [-0.25, -0.2) is 8.42 Å². The van der Waals surface area contributed by atoms with E-state index >= 15 is 0 Å². The van der Waals surface area contributed by atoms with Gasteiger partial charge in [-0.05, 0) is 55.5 Å². The lowest BCUT2D eigenvalue weighted by Gasteiger charge is -2.34. The lowest BCUT2D eigenvalue weighted by Crippen LogP contribution is -2.47. The van der Waals surface area contributed by atoms with E-state index < -0.39 is 34.2 Å². The smallest absolute Gasteiger partial charge is 0.369 e. The predicted molar refractivity (Wildman–Crippen MR) is 132 cm³/mol. The number of nitrogens with two attached hydrogens (primary N) is 1. The van der Waals surface area contributed by atoms with Crippen LogP contribution in [-0.2, 0) is 21.0 Å². The van der Waals surface area contributed by atoms with E-state index in [4.69, 9.17) is 11.0 Å². The summed E-state index contributed by atoms with van der Waals surface area (Å²) in [6.07, 6.45) is -1.66.